The van der Waals surface area contributed by atoms with E-state index < -0.39 is 6.10 Å². The van der Waals surface area contributed by atoms with Gasteiger partial charge in [0.25, 0.3) is 0 Å². The van der Waals surface area contributed by atoms with E-state index in [1.165, 1.54) is 40.3 Å². The maximum atomic E-state index is 12.9. The Labute approximate surface area is 161 Å². The van der Waals surface area contributed by atoms with Crippen LogP contribution in [0.25, 0.3) is 5.69 Å². The minimum Gasteiger partial charge on any atom is -0.491 e. The van der Waals surface area contributed by atoms with Crippen molar-refractivity contribution in [2.24, 2.45) is 0 Å². The van der Waals surface area contributed by atoms with Crippen LogP contribution >= 0.6 is 0 Å². The molecule has 0 bridgehead atoms. The lowest BCUT2D eigenvalue weighted by atomic mass is 10.1. The molecule has 3 rings (SSSR count). The number of Topliss-reactive ketones (excluding diaryl/α,β-unsaturated/α-hetero) is 1. The van der Waals surface area contributed by atoms with Crippen molar-refractivity contribution in [1.29, 1.82) is 0 Å². The summed E-state index contributed by atoms with van der Waals surface area (Å²) < 4.78 is 21.2. The van der Waals surface area contributed by atoms with E-state index in [4.69, 9.17) is 4.74 Å². The highest BCUT2D eigenvalue weighted by molar-refractivity contribution is 5.94. The molecule has 7 heteroatoms. The Morgan fingerprint density at radius 2 is 1.79 bits per heavy atom. The number of ether oxygens (including phenoxy) is 1. The van der Waals surface area contributed by atoms with E-state index >= 15 is 0 Å². The molecule has 28 heavy (non-hydrogen) atoms. The summed E-state index contributed by atoms with van der Waals surface area (Å²) in [6, 6.07) is 12.3. The van der Waals surface area contributed by atoms with Gasteiger partial charge in [-0.3, -0.25) is 13.9 Å². The van der Waals surface area contributed by atoms with Gasteiger partial charge in [-0.25, -0.2) is 9.18 Å². The minimum absolute atomic E-state index is 0.0321. The van der Waals surface area contributed by atoms with Crippen LogP contribution < -0.4 is 10.4 Å². The number of carbonyl (C=O) groups excluding carboxylic acids is 1. The zero-order chi connectivity index (χ0) is 20.3. The van der Waals surface area contributed by atoms with E-state index in [1.54, 1.807) is 37.4 Å². The lowest BCUT2D eigenvalue weighted by Gasteiger charge is -2.12. The second kappa shape index (κ2) is 8.22. The van der Waals surface area contributed by atoms with E-state index in [-0.39, 0.29) is 30.4 Å². The van der Waals surface area contributed by atoms with E-state index in [1.807, 2.05) is 0 Å². The van der Waals surface area contributed by atoms with Gasteiger partial charge in [-0.2, -0.15) is 0 Å². The molecule has 3 aromatic rings. The van der Waals surface area contributed by atoms with Gasteiger partial charge in [0.15, 0.2) is 5.78 Å². The number of aromatic nitrogens is 2. The molecule has 0 aliphatic heterocycles. The van der Waals surface area contributed by atoms with Gasteiger partial charge in [0.2, 0.25) is 0 Å². The Hall–Kier alpha value is -3.19. The fourth-order valence-electron chi connectivity index (χ4n) is 2.91. The number of hydrogen-bond acceptors (Lipinski definition) is 4. The van der Waals surface area contributed by atoms with Gasteiger partial charge in [0.1, 0.15) is 24.3 Å². The molecule has 1 N–H and O–H groups in total. The summed E-state index contributed by atoms with van der Waals surface area (Å²) in [5.74, 6) is 0.0252. The Morgan fingerprint density at radius 3 is 2.39 bits per heavy atom. The summed E-state index contributed by atoms with van der Waals surface area (Å²) in [5.41, 5.74) is 1.62. The number of imidazole rings is 1. The zero-order valence-electron chi connectivity index (χ0n) is 15.6. The Balaban J connectivity index is 1.71. The second-order valence-corrected chi connectivity index (χ2v) is 6.56. The number of benzene rings is 2. The molecule has 0 saturated carbocycles. The quantitative estimate of drug-likeness (QED) is 0.636. The first-order chi connectivity index (χ1) is 13.3. The number of nitrogens with zero attached hydrogens (tertiary/aromatic N) is 2. The highest BCUT2D eigenvalue weighted by Crippen LogP contribution is 2.13. The highest BCUT2D eigenvalue weighted by atomic mass is 19.1. The SMILES string of the molecule is CC(=O)c1ccc(-n2c(C)cn(C[C@@H](O)COc3ccc(F)cc3)c2=O)cc1. The molecular weight excluding hydrogens is 363 g/mol. The lowest BCUT2D eigenvalue weighted by Crippen LogP contribution is -2.31. The molecule has 0 amide bonds. The smallest absolute Gasteiger partial charge is 0.333 e. The number of hydrogen-bond donors (Lipinski definition) is 1. The monoisotopic (exact) mass is 384 g/mol. The lowest BCUT2D eigenvalue weighted by molar-refractivity contribution is 0.0915. The molecule has 146 valence electrons. The molecule has 0 fully saturated rings. The minimum atomic E-state index is -0.918. The number of aliphatic hydroxyl groups is 1. The fraction of sp³-hybridized carbons (Fsp3) is 0.238. The third-order valence-corrected chi connectivity index (χ3v) is 4.33. The average Bonchev–Trinajstić information content (AvgIpc) is 2.94. The van der Waals surface area contributed by atoms with Crippen molar-refractivity contribution in [2.45, 2.75) is 26.5 Å². The topological polar surface area (TPSA) is 73.5 Å². The maximum Gasteiger partial charge on any atom is 0.333 e. The first kappa shape index (κ1) is 19.6. The summed E-state index contributed by atoms with van der Waals surface area (Å²) in [6.07, 6.45) is 0.737. The number of aryl methyl sites for hydroxylation is 1. The predicted molar refractivity (Wildman–Crippen MR) is 103 cm³/mol. The number of carbonyl (C=O) groups is 1. The van der Waals surface area contributed by atoms with Gasteiger partial charge in [0, 0.05) is 17.5 Å². The fourth-order valence-corrected chi connectivity index (χ4v) is 2.91. The van der Waals surface area contributed by atoms with Crippen LogP contribution in [0.3, 0.4) is 0 Å². The van der Waals surface area contributed by atoms with E-state index in [2.05, 4.69) is 0 Å². The highest BCUT2D eigenvalue weighted by Gasteiger charge is 2.14. The van der Waals surface area contributed by atoms with Gasteiger partial charge < -0.3 is 9.84 Å². The van der Waals surface area contributed by atoms with Gasteiger partial charge in [-0.1, -0.05) is 0 Å². The van der Waals surface area contributed by atoms with Crippen molar-refractivity contribution in [2.75, 3.05) is 6.61 Å². The van der Waals surface area contributed by atoms with Crippen LogP contribution in [0.15, 0.2) is 59.5 Å². The van der Waals surface area contributed by atoms with Gasteiger partial charge in [0.05, 0.1) is 12.2 Å². The molecule has 0 unspecified atom stereocenters. The first-order valence-corrected chi connectivity index (χ1v) is 8.81. The molecule has 1 heterocycles. The van der Waals surface area contributed by atoms with E-state index in [0.29, 0.717) is 22.7 Å². The molecule has 0 radical (unpaired) electrons. The summed E-state index contributed by atoms with van der Waals surface area (Å²) in [5, 5.41) is 10.2. The largest absolute Gasteiger partial charge is 0.491 e. The van der Waals surface area contributed by atoms with Crippen LogP contribution in [0.1, 0.15) is 23.0 Å². The first-order valence-electron chi connectivity index (χ1n) is 8.81. The third kappa shape index (κ3) is 4.37. The van der Waals surface area contributed by atoms with Crippen molar-refractivity contribution >= 4 is 5.78 Å². The standard InChI is InChI=1S/C21H21FN2O4/c1-14-11-23(12-19(26)13-28-20-9-5-17(22)6-10-20)21(27)24(14)18-7-3-16(4-8-18)15(2)25/h3-11,19,26H,12-13H2,1-2H3/t19-/m1/s1. The summed E-state index contributed by atoms with van der Waals surface area (Å²) >= 11 is 0. The van der Waals surface area contributed by atoms with Crippen LogP contribution in [0.2, 0.25) is 0 Å². The molecular formula is C21H21FN2O4. The van der Waals surface area contributed by atoms with Crippen LogP contribution in [0, 0.1) is 12.7 Å². The molecule has 2 aromatic carbocycles. The Morgan fingerprint density at radius 1 is 1.14 bits per heavy atom. The summed E-state index contributed by atoms with van der Waals surface area (Å²) in [6.45, 7) is 3.30. The predicted octanol–water partition coefficient (Wildman–Crippen LogP) is 2.73. The van der Waals surface area contributed by atoms with Crippen LogP contribution in [-0.4, -0.2) is 32.7 Å². The normalized spacial score (nSPS) is 12.0. The molecule has 1 aromatic heterocycles. The molecule has 0 spiro atoms. The van der Waals surface area contributed by atoms with Crippen LogP contribution in [0.5, 0.6) is 5.75 Å². The van der Waals surface area contributed by atoms with Crippen LogP contribution in [0.4, 0.5) is 4.39 Å². The van der Waals surface area contributed by atoms with Crippen molar-refractivity contribution < 1.29 is 19.0 Å². The number of ketones is 1. The van der Waals surface area contributed by atoms with E-state index in [0.717, 1.165) is 0 Å². The molecule has 0 aliphatic rings. The number of halogens is 1. The summed E-state index contributed by atoms with van der Waals surface area (Å²) in [4.78, 5) is 24.1. The van der Waals surface area contributed by atoms with Gasteiger partial charge >= 0.3 is 5.69 Å². The average molecular weight is 384 g/mol. The molecule has 6 nitrogen and oxygen atoms in total. The van der Waals surface area contributed by atoms with Crippen molar-refractivity contribution in [3.8, 4) is 11.4 Å². The second-order valence-electron chi connectivity index (χ2n) is 6.56. The number of aliphatic hydroxyl groups excluding tert-OH is 1. The number of rotatable bonds is 7. The Kier molecular flexibility index (Phi) is 5.75. The summed E-state index contributed by atoms with van der Waals surface area (Å²) in [7, 11) is 0. The molecule has 1 atom stereocenters. The third-order valence-electron chi connectivity index (χ3n) is 4.33. The van der Waals surface area contributed by atoms with Gasteiger partial charge in [-0.15, -0.1) is 0 Å². The van der Waals surface area contributed by atoms with Crippen molar-refractivity contribution in [3.05, 3.63) is 82.3 Å². The maximum absolute atomic E-state index is 12.9. The van der Waals surface area contributed by atoms with Gasteiger partial charge in [-0.05, 0) is 62.4 Å². The molecule has 0 aliphatic carbocycles. The van der Waals surface area contributed by atoms with E-state index in [9.17, 15) is 19.1 Å². The van der Waals surface area contributed by atoms with Crippen LogP contribution in [-0.2, 0) is 6.54 Å². The molecule has 0 saturated heterocycles. The van der Waals surface area contributed by atoms with Crippen molar-refractivity contribution in [1.82, 2.24) is 9.13 Å². The Bertz CT molecular complexity index is 1020. The van der Waals surface area contributed by atoms with Crippen molar-refractivity contribution in [3.63, 3.8) is 0 Å². The zero-order valence-corrected chi connectivity index (χ0v) is 15.6.